The van der Waals surface area contributed by atoms with Crippen molar-refractivity contribution < 1.29 is 9.32 Å². The zero-order valence-electron chi connectivity index (χ0n) is 15.7. The molecule has 1 unspecified atom stereocenters. The molecule has 4 aromatic rings. The van der Waals surface area contributed by atoms with E-state index in [1.54, 1.807) is 0 Å². The van der Waals surface area contributed by atoms with Gasteiger partial charge in [0.05, 0.1) is 0 Å². The number of fused-ring (bicyclic) bond motifs is 1. The first-order valence-corrected chi connectivity index (χ1v) is 9.41. The van der Waals surface area contributed by atoms with Crippen LogP contribution in [0.25, 0.3) is 10.9 Å². The average molecular weight is 374 g/mol. The molecular weight excluding hydrogens is 352 g/mol. The molecule has 0 saturated carbocycles. The molecule has 6 heteroatoms. The topological polar surface area (TPSA) is 83.8 Å². The Labute approximate surface area is 163 Å². The minimum atomic E-state index is -0.335. The molecular formula is C22H22N4O2. The monoisotopic (exact) mass is 374 g/mol. The lowest BCUT2D eigenvalue weighted by Gasteiger charge is -2.12. The standard InChI is InChI=1S/C22H22N4O2/c1-15(11-12-16-7-3-2-4-8-16)24-21(27)22-25-20(26-28-22)13-17-14-23-19-10-6-5-9-18(17)19/h2-10,14-15,23H,11-13H2,1H3,(H,24,27). The molecule has 0 aliphatic heterocycles. The van der Waals surface area contributed by atoms with Crippen LogP contribution in [-0.2, 0) is 12.8 Å². The van der Waals surface area contributed by atoms with E-state index in [0.29, 0.717) is 12.2 Å². The quantitative estimate of drug-likeness (QED) is 0.514. The number of aromatic amines is 1. The highest BCUT2D eigenvalue weighted by atomic mass is 16.5. The molecule has 142 valence electrons. The van der Waals surface area contributed by atoms with E-state index < -0.39 is 0 Å². The number of rotatable bonds is 7. The Morgan fingerprint density at radius 3 is 2.79 bits per heavy atom. The minimum absolute atomic E-state index is 0.00130. The van der Waals surface area contributed by atoms with E-state index in [2.05, 4.69) is 32.6 Å². The number of aromatic nitrogens is 3. The fourth-order valence-corrected chi connectivity index (χ4v) is 3.25. The molecule has 2 aromatic heterocycles. The highest BCUT2D eigenvalue weighted by Gasteiger charge is 2.18. The van der Waals surface area contributed by atoms with E-state index in [1.165, 1.54) is 5.56 Å². The van der Waals surface area contributed by atoms with Gasteiger partial charge in [0.2, 0.25) is 0 Å². The number of para-hydroxylation sites is 1. The molecule has 0 saturated heterocycles. The maximum absolute atomic E-state index is 12.4. The molecule has 0 aliphatic rings. The van der Waals surface area contributed by atoms with E-state index in [1.807, 2.05) is 55.6 Å². The fraction of sp³-hybridized carbons (Fsp3) is 0.227. The van der Waals surface area contributed by atoms with Crippen LogP contribution in [-0.4, -0.2) is 27.1 Å². The first kappa shape index (κ1) is 18.0. The SMILES string of the molecule is CC(CCc1ccccc1)NC(=O)c1nc(Cc2c[nH]c3ccccc23)no1. The van der Waals surface area contributed by atoms with Gasteiger partial charge < -0.3 is 14.8 Å². The summed E-state index contributed by atoms with van der Waals surface area (Å²) in [4.78, 5) is 19.9. The van der Waals surface area contributed by atoms with Crippen LogP contribution < -0.4 is 5.32 Å². The molecule has 0 aliphatic carbocycles. The van der Waals surface area contributed by atoms with Crippen molar-refractivity contribution in [3.8, 4) is 0 Å². The van der Waals surface area contributed by atoms with Gasteiger partial charge in [-0.25, -0.2) is 0 Å². The lowest BCUT2D eigenvalue weighted by molar-refractivity contribution is 0.0894. The second kappa shape index (κ2) is 8.08. The number of H-pyrrole nitrogens is 1. The van der Waals surface area contributed by atoms with Crippen LogP contribution in [0.5, 0.6) is 0 Å². The van der Waals surface area contributed by atoms with Crippen molar-refractivity contribution in [1.82, 2.24) is 20.4 Å². The molecule has 2 N–H and O–H groups in total. The summed E-state index contributed by atoms with van der Waals surface area (Å²) in [6.45, 7) is 1.98. The lowest BCUT2D eigenvalue weighted by atomic mass is 10.1. The normalized spacial score (nSPS) is 12.2. The van der Waals surface area contributed by atoms with Gasteiger partial charge in [-0.2, -0.15) is 4.98 Å². The van der Waals surface area contributed by atoms with Crippen LogP contribution in [0.3, 0.4) is 0 Å². The van der Waals surface area contributed by atoms with Gasteiger partial charge in [0.25, 0.3) is 0 Å². The largest absolute Gasteiger partial charge is 0.361 e. The third-order valence-electron chi connectivity index (χ3n) is 4.77. The van der Waals surface area contributed by atoms with Crippen LogP contribution in [0.15, 0.2) is 65.3 Å². The number of amides is 1. The molecule has 0 radical (unpaired) electrons. The van der Waals surface area contributed by atoms with Gasteiger partial charge >= 0.3 is 11.8 Å². The zero-order valence-corrected chi connectivity index (χ0v) is 15.7. The maximum Gasteiger partial charge on any atom is 0.315 e. The van der Waals surface area contributed by atoms with Crippen molar-refractivity contribution in [2.75, 3.05) is 0 Å². The van der Waals surface area contributed by atoms with E-state index in [-0.39, 0.29) is 17.8 Å². The number of nitrogens with zero attached hydrogens (tertiary/aromatic N) is 2. The van der Waals surface area contributed by atoms with Gasteiger partial charge in [-0.3, -0.25) is 4.79 Å². The predicted octanol–water partition coefficient (Wildman–Crippen LogP) is 3.89. The zero-order chi connectivity index (χ0) is 19.3. The van der Waals surface area contributed by atoms with Crippen molar-refractivity contribution in [3.63, 3.8) is 0 Å². The molecule has 28 heavy (non-hydrogen) atoms. The van der Waals surface area contributed by atoms with Crippen molar-refractivity contribution >= 4 is 16.8 Å². The first-order chi connectivity index (χ1) is 13.7. The summed E-state index contributed by atoms with van der Waals surface area (Å²) in [5, 5.41) is 8.00. The Balaban J connectivity index is 1.35. The number of hydrogen-bond donors (Lipinski definition) is 2. The van der Waals surface area contributed by atoms with Gasteiger partial charge in [0.15, 0.2) is 5.82 Å². The van der Waals surface area contributed by atoms with Crippen LogP contribution >= 0.6 is 0 Å². The van der Waals surface area contributed by atoms with Crippen LogP contribution in [0, 0.1) is 0 Å². The van der Waals surface area contributed by atoms with Crippen molar-refractivity contribution in [1.29, 1.82) is 0 Å². The van der Waals surface area contributed by atoms with E-state index in [4.69, 9.17) is 4.52 Å². The number of aryl methyl sites for hydroxylation is 1. The summed E-state index contributed by atoms with van der Waals surface area (Å²) in [6.07, 6.45) is 4.18. The van der Waals surface area contributed by atoms with Gasteiger partial charge in [0.1, 0.15) is 0 Å². The fourth-order valence-electron chi connectivity index (χ4n) is 3.25. The maximum atomic E-state index is 12.4. The van der Waals surface area contributed by atoms with Gasteiger partial charge in [-0.15, -0.1) is 0 Å². The van der Waals surface area contributed by atoms with Gasteiger partial charge in [-0.05, 0) is 37.0 Å². The lowest BCUT2D eigenvalue weighted by Crippen LogP contribution is -2.33. The Kier molecular flexibility index (Phi) is 5.19. The summed E-state index contributed by atoms with van der Waals surface area (Å²) in [5.74, 6) is 0.159. The Morgan fingerprint density at radius 2 is 1.93 bits per heavy atom. The summed E-state index contributed by atoms with van der Waals surface area (Å²) >= 11 is 0. The second-order valence-electron chi connectivity index (χ2n) is 6.95. The number of nitrogens with one attached hydrogen (secondary N) is 2. The van der Waals surface area contributed by atoms with E-state index in [9.17, 15) is 4.79 Å². The Hall–Kier alpha value is -3.41. The number of hydrogen-bond acceptors (Lipinski definition) is 4. The van der Waals surface area contributed by atoms with Crippen LogP contribution in [0.1, 0.15) is 41.0 Å². The molecule has 1 atom stereocenters. The molecule has 2 heterocycles. The summed E-state index contributed by atoms with van der Waals surface area (Å²) in [6, 6.07) is 18.3. The molecule has 0 fully saturated rings. The molecule has 6 nitrogen and oxygen atoms in total. The second-order valence-corrected chi connectivity index (χ2v) is 6.95. The van der Waals surface area contributed by atoms with Crippen molar-refractivity contribution in [2.45, 2.75) is 32.2 Å². The molecule has 4 rings (SSSR count). The van der Waals surface area contributed by atoms with Crippen molar-refractivity contribution in [3.05, 3.63) is 83.6 Å². The first-order valence-electron chi connectivity index (χ1n) is 9.41. The summed E-state index contributed by atoms with van der Waals surface area (Å²) < 4.78 is 5.17. The van der Waals surface area contributed by atoms with Crippen LogP contribution in [0.4, 0.5) is 0 Å². The third kappa shape index (κ3) is 4.11. The van der Waals surface area contributed by atoms with Crippen LogP contribution in [0.2, 0.25) is 0 Å². The van der Waals surface area contributed by atoms with E-state index in [0.717, 1.165) is 29.3 Å². The summed E-state index contributed by atoms with van der Waals surface area (Å²) in [5.41, 5.74) is 3.38. The molecule has 0 spiro atoms. The average Bonchev–Trinajstić information content (AvgIpc) is 3.35. The predicted molar refractivity (Wildman–Crippen MR) is 107 cm³/mol. The highest BCUT2D eigenvalue weighted by Crippen LogP contribution is 2.19. The minimum Gasteiger partial charge on any atom is -0.361 e. The smallest absolute Gasteiger partial charge is 0.315 e. The molecule has 2 aromatic carbocycles. The van der Waals surface area contributed by atoms with E-state index >= 15 is 0 Å². The highest BCUT2D eigenvalue weighted by molar-refractivity contribution is 5.89. The Bertz CT molecular complexity index is 1070. The number of carbonyl (C=O) groups is 1. The van der Waals surface area contributed by atoms with Crippen molar-refractivity contribution in [2.24, 2.45) is 0 Å². The summed E-state index contributed by atoms with van der Waals surface area (Å²) in [7, 11) is 0. The third-order valence-corrected chi connectivity index (χ3v) is 4.77. The molecule has 1 amide bonds. The number of benzene rings is 2. The van der Waals surface area contributed by atoms with Gasteiger partial charge in [0, 0.05) is 29.6 Å². The number of carbonyl (C=O) groups excluding carboxylic acids is 1. The molecule has 0 bridgehead atoms. The van der Waals surface area contributed by atoms with Gasteiger partial charge in [-0.1, -0.05) is 53.7 Å². The Morgan fingerprint density at radius 1 is 1.14 bits per heavy atom.